The molecule has 1 aliphatic rings. The van der Waals surface area contributed by atoms with Gasteiger partial charge in [0.25, 0.3) is 5.91 Å². The minimum absolute atomic E-state index is 0.0134. The van der Waals surface area contributed by atoms with Crippen LogP contribution < -0.4 is 11.1 Å². The second kappa shape index (κ2) is 9.92. The Morgan fingerprint density at radius 1 is 1.35 bits per heavy atom. The van der Waals surface area contributed by atoms with Crippen molar-refractivity contribution >= 4 is 56.5 Å². The number of aldehydes is 1. The Morgan fingerprint density at radius 2 is 2.12 bits per heavy atom. The Hall–Kier alpha value is -3.27. The molecule has 1 amide bonds. The van der Waals surface area contributed by atoms with Crippen molar-refractivity contribution in [3.05, 3.63) is 51.5 Å². The van der Waals surface area contributed by atoms with Crippen LogP contribution in [0.5, 0.6) is 0 Å². The van der Waals surface area contributed by atoms with E-state index in [1.54, 1.807) is 12.1 Å². The fraction of sp³-hybridized carbons (Fsp3) is 0.333. The topological polar surface area (TPSA) is 116 Å². The fourth-order valence-electron chi connectivity index (χ4n) is 3.71. The minimum Gasteiger partial charge on any atom is -0.462 e. The molecule has 0 atom stereocenters. The molecule has 0 bridgehead atoms. The molecule has 8 nitrogen and oxygen atoms in total. The molecule has 3 aromatic rings. The van der Waals surface area contributed by atoms with Gasteiger partial charge >= 0.3 is 5.97 Å². The lowest BCUT2D eigenvalue weighted by molar-refractivity contribution is -0.107. The number of primary amides is 1. The third-order valence-corrected chi connectivity index (χ3v) is 6.22. The number of amides is 1. The molecule has 34 heavy (non-hydrogen) atoms. The number of rotatable bonds is 10. The number of esters is 1. The van der Waals surface area contributed by atoms with E-state index in [2.05, 4.69) is 26.2 Å². The van der Waals surface area contributed by atoms with Crippen LogP contribution in [0.4, 0.5) is 15.8 Å². The molecule has 0 saturated heterocycles. The zero-order valence-corrected chi connectivity index (χ0v) is 20.2. The maximum atomic E-state index is 15.9. The van der Waals surface area contributed by atoms with Gasteiger partial charge in [-0.05, 0) is 61.9 Å². The van der Waals surface area contributed by atoms with E-state index in [-0.39, 0.29) is 47.7 Å². The number of nitrogens with zero attached hydrogens (tertiary/aromatic N) is 2. The van der Waals surface area contributed by atoms with Crippen LogP contribution in [-0.2, 0) is 16.1 Å². The Kier molecular flexibility index (Phi) is 6.97. The summed E-state index contributed by atoms with van der Waals surface area (Å²) >= 11 is 3.40. The van der Waals surface area contributed by atoms with Gasteiger partial charge in [0.15, 0.2) is 11.6 Å². The number of halogens is 2. The lowest BCUT2D eigenvalue weighted by Crippen LogP contribution is -2.18. The number of nitrogens with one attached hydrogen (secondary N) is 1. The summed E-state index contributed by atoms with van der Waals surface area (Å²) < 4.78 is 23.6. The van der Waals surface area contributed by atoms with Crippen LogP contribution in [0, 0.1) is 18.7 Å². The number of anilines is 2. The summed E-state index contributed by atoms with van der Waals surface area (Å²) in [6.45, 7) is 2.32. The Balaban J connectivity index is 1.85. The zero-order valence-electron chi connectivity index (χ0n) is 18.6. The highest BCUT2D eigenvalue weighted by atomic mass is 79.9. The molecular weight excluding hydrogens is 507 g/mol. The van der Waals surface area contributed by atoms with Gasteiger partial charge in [0.1, 0.15) is 11.8 Å². The third-order valence-electron chi connectivity index (χ3n) is 5.72. The maximum absolute atomic E-state index is 15.9. The normalized spacial score (nSPS) is 13.1. The smallest absolute Gasteiger partial charge is 0.340 e. The molecule has 0 spiro atoms. The molecule has 1 fully saturated rings. The maximum Gasteiger partial charge on any atom is 0.340 e. The molecule has 3 N–H and O–H groups in total. The number of hydrogen-bond donors (Lipinski definition) is 2. The van der Waals surface area contributed by atoms with Crippen LogP contribution in [-0.4, -0.2) is 34.3 Å². The van der Waals surface area contributed by atoms with E-state index in [0.717, 1.165) is 29.2 Å². The largest absolute Gasteiger partial charge is 0.462 e. The van der Waals surface area contributed by atoms with E-state index in [4.69, 9.17) is 10.5 Å². The first-order valence-corrected chi connectivity index (χ1v) is 11.8. The summed E-state index contributed by atoms with van der Waals surface area (Å²) in [7, 11) is 0. The number of carbonyl (C=O) groups is 3. The van der Waals surface area contributed by atoms with Gasteiger partial charge in [0.2, 0.25) is 0 Å². The Bertz CT molecular complexity index is 1290. The minimum atomic E-state index is -0.835. The van der Waals surface area contributed by atoms with Gasteiger partial charge < -0.3 is 25.1 Å². The molecule has 0 radical (unpaired) electrons. The van der Waals surface area contributed by atoms with Crippen molar-refractivity contribution in [1.29, 1.82) is 0 Å². The molecule has 10 heteroatoms. The van der Waals surface area contributed by atoms with Gasteiger partial charge in [-0.15, -0.1) is 0 Å². The van der Waals surface area contributed by atoms with Gasteiger partial charge in [0.05, 0.1) is 23.4 Å². The zero-order chi connectivity index (χ0) is 24.4. The highest BCUT2D eigenvalue weighted by Gasteiger charge is 2.28. The standard InChI is InChI=1S/C24H24BrFN4O4/c1-13-10-15(25)6-7-17(13)28-20-16(24(33)34-12-14-4-5-14)11-18-21(19(20)26)29-23(22(27)32)30(18)8-2-3-9-31/h6-7,9-11,14,28H,2-5,8,12H2,1H3,(H2,27,32). The number of imidazole rings is 1. The Morgan fingerprint density at radius 3 is 2.76 bits per heavy atom. The monoisotopic (exact) mass is 530 g/mol. The number of unbranched alkanes of at least 4 members (excludes halogenated alkanes) is 1. The van der Waals surface area contributed by atoms with E-state index < -0.39 is 17.7 Å². The number of aromatic nitrogens is 2. The van der Waals surface area contributed by atoms with Crippen LogP contribution in [0.2, 0.25) is 0 Å². The second-order valence-corrected chi connectivity index (χ2v) is 9.28. The summed E-state index contributed by atoms with van der Waals surface area (Å²) in [6.07, 6.45) is 3.40. The molecule has 1 aliphatic carbocycles. The lowest BCUT2D eigenvalue weighted by Gasteiger charge is -2.16. The third kappa shape index (κ3) is 4.96. The number of hydrogen-bond acceptors (Lipinski definition) is 6. The first-order chi connectivity index (χ1) is 16.3. The molecule has 2 aromatic carbocycles. The molecule has 1 aromatic heterocycles. The van der Waals surface area contributed by atoms with Crippen LogP contribution in [0.1, 0.15) is 52.2 Å². The molecule has 178 valence electrons. The van der Waals surface area contributed by atoms with Gasteiger partial charge in [0, 0.05) is 23.1 Å². The van der Waals surface area contributed by atoms with Crippen molar-refractivity contribution in [2.75, 3.05) is 11.9 Å². The van der Waals surface area contributed by atoms with E-state index >= 15 is 4.39 Å². The van der Waals surface area contributed by atoms with Crippen molar-refractivity contribution < 1.29 is 23.5 Å². The summed E-state index contributed by atoms with van der Waals surface area (Å²) in [5.41, 5.74) is 6.93. The van der Waals surface area contributed by atoms with Crippen LogP contribution in [0.25, 0.3) is 11.0 Å². The predicted octanol–water partition coefficient (Wildman–Crippen LogP) is 4.63. The molecule has 0 unspecified atom stereocenters. The molecule has 0 aliphatic heterocycles. The SMILES string of the molecule is Cc1cc(Br)ccc1Nc1c(C(=O)OCC2CC2)cc2c(nc(C(N)=O)n2CCCC=O)c1F. The quantitative estimate of drug-likeness (QED) is 0.224. The van der Waals surface area contributed by atoms with E-state index in [1.165, 1.54) is 10.6 Å². The van der Waals surface area contributed by atoms with E-state index in [1.807, 2.05) is 13.0 Å². The highest BCUT2D eigenvalue weighted by molar-refractivity contribution is 9.10. The number of nitrogens with two attached hydrogens (primary N) is 1. The summed E-state index contributed by atoms with van der Waals surface area (Å²) in [5, 5.41) is 3.01. The van der Waals surface area contributed by atoms with Gasteiger partial charge in [-0.1, -0.05) is 15.9 Å². The summed E-state index contributed by atoms with van der Waals surface area (Å²) in [5.74, 6) is -2.12. The number of ether oxygens (including phenoxy) is 1. The van der Waals surface area contributed by atoms with E-state index in [0.29, 0.717) is 18.0 Å². The first-order valence-electron chi connectivity index (χ1n) is 11.0. The second-order valence-electron chi connectivity index (χ2n) is 8.37. The van der Waals surface area contributed by atoms with Crippen LogP contribution in [0.15, 0.2) is 28.7 Å². The highest BCUT2D eigenvalue weighted by Crippen LogP contribution is 2.35. The van der Waals surface area contributed by atoms with Gasteiger partial charge in [-0.2, -0.15) is 0 Å². The van der Waals surface area contributed by atoms with Crippen molar-refractivity contribution in [1.82, 2.24) is 9.55 Å². The molecule has 4 rings (SSSR count). The Labute approximate surface area is 203 Å². The fourth-order valence-corrected chi connectivity index (χ4v) is 4.18. The van der Waals surface area contributed by atoms with Crippen molar-refractivity contribution in [2.24, 2.45) is 11.7 Å². The number of fused-ring (bicyclic) bond motifs is 1. The number of aryl methyl sites for hydroxylation is 2. The number of carbonyl (C=O) groups excluding carboxylic acids is 3. The average Bonchev–Trinajstić information content (AvgIpc) is 3.55. The summed E-state index contributed by atoms with van der Waals surface area (Å²) in [4.78, 5) is 40.0. The first kappa shape index (κ1) is 23.9. The predicted molar refractivity (Wildman–Crippen MR) is 129 cm³/mol. The summed E-state index contributed by atoms with van der Waals surface area (Å²) in [6, 6.07) is 6.88. The van der Waals surface area contributed by atoms with Gasteiger partial charge in [-0.25, -0.2) is 14.2 Å². The number of benzene rings is 2. The lowest BCUT2D eigenvalue weighted by atomic mass is 10.1. The van der Waals surface area contributed by atoms with Crippen LogP contribution in [0.3, 0.4) is 0 Å². The van der Waals surface area contributed by atoms with Crippen molar-refractivity contribution in [3.63, 3.8) is 0 Å². The molecular formula is C24H24BrFN4O4. The average molecular weight is 531 g/mol. The van der Waals surface area contributed by atoms with Crippen molar-refractivity contribution in [2.45, 2.75) is 39.2 Å². The van der Waals surface area contributed by atoms with Crippen molar-refractivity contribution in [3.8, 4) is 0 Å². The molecule has 1 saturated carbocycles. The van der Waals surface area contributed by atoms with E-state index in [9.17, 15) is 14.4 Å². The molecule has 1 heterocycles. The van der Waals surface area contributed by atoms with Crippen LogP contribution >= 0.6 is 15.9 Å². The van der Waals surface area contributed by atoms with Gasteiger partial charge in [-0.3, -0.25) is 4.79 Å².